The number of thiazole rings is 1. The van der Waals surface area contributed by atoms with E-state index in [-0.39, 0.29) is 0 Å². The smallest absolute Gasteiger partial charge is 0.326 e. The third kappa shape index (κ3) is 4.37. The first-order valence-corrected chi connectivity index (χ1v) is 7.78. The normalized spacial score (nSPS) is 18.8. The highest BCUT2D eigenvalue weighted by molar-refractivity contribution is 7.13. The van der Waals surface area contributed by atoms with E-state index in [1.807, 2.05) is 0 Å². The number of aliphatic carboxylic acids is 1. The number of piperazine rings is 1. The fraction of sp³-hybridized carbons (Fsp3) is 0.692. The van der Waals surface area contributed by atoms with Gasteiger partial charge in [0.2, 0.25) is 0 Å². The van der Waals surface area contributed by atoms with Crippen molar-refractivity contribution in [3.8, 4) is 0 Å². The summed E-state index contributed by atoms with van der Waals surface area (Å²) in [6, 6.07) is -1.06. The van der Waals surface area contributed by atoms with E-state index in [0.29, 0.717) is 12.2 Å². The summed E-state index contributed by atoms with van der Waals surface area (Å²) in [4.78, 5) is 19.5. The molecule has 0 saturated carbocycles. The van der Waals surface area contributed by atoms with Gasteiger partial charge in [-0.3, -0.25) is 9.69 Å². The van der Waals surface area contributed by atoms with E-state index in [1.54, 1.807) is 19.2 Å². The van der Waals surface area contributed by atoms with Crippen LogP contribution in [0.1, 0.15) is 25.6 Å². The Kier molecular flexibility index (Phi) is 4.82. The number of carboxylic acid groups (broad SMARTS) is 1. The van der Waals surface area contributed by atoms with Gasteiger partial charge < -0.3 is 20.8 Å². The zero-order valence-corrected chi connectivity index (χ0v) is 13.1. The summed E-state index contributed by atoms with van der Waals surface area (Å²) in [6.07, 6.45) is 0. The second kappa shape index (κ2) is 6.27. The summed E-state index contributed by atoms with van der Waals surface area (Å²) >= 11 is 1.42. The summed E-state index contributed by atoms with van der Waals surface area (Å²) in [5, 5.41) is 21.2. The molecule has 1 aromatic rings. The summed E-state index contributed by atoms with van der Waals surface area (Å²) in [5.41, 5.74) is 5.28. The van der Waals surface area contributed by atoms with Crippen LogP contribution in [0.3, 0.4) is 0 Å². The molecule has 21 heavy (non-hydrogen) atoms. The molecule has 0 amide bonds. The molecule has 1 aromatic heterocycles. The van der Waals surface area contributed by atoms with Crippen molar-refractivity contribution in [3.05, 3.63) is 11.1 Å². The SMILES string of the molecule is CC(C)(O)CN1CCN(c2nc(C(N)C(=O)O)cs2)CC1. The molecule has 1 aliphatic rings. The molecule has 0 aliphatic carbocycles. The first-order chi connectivity index (χ1) is 9.76. The van der Waals surface area contributed by atoms with Gasteiger partial charge in [-0.1, -0.05) is 0 Å². The molecule has 1 aliphatic heterocycles. The van der Waals surface area contributed by atoms with Crippen molar-refractivity contribution in [1.82, 2.24) is 9.88 Å². The number of nitrogens with two attached hydrogens (primary N) is 1. The van der Waals surface area contributed by atoms with Crippen LogP contribution in [0.15, 0.2) is 5.38 Å². The van der Waals surface area contributed by atoms with E-state index in [4.69, 9.17) is 10.8 Å². The van der Waals surface area contributed by atoms with Crippen LogP contribution in [0.4, 0.5) is 5.13 Å². The fourth-order valence-electron chi connectivity index (χ4n) is 2.34. The van der Waals surface area contributed by atoms with Gasteiger partial charge in [0.05, 0.1) is 11.3 Å². The third-order valence-electron chi connectivity index (χ3n) is 3.35. The number of rotatable bonds is 5. The Morgan fingerprint density at radius 1 is 1.48 bits per heavy atom. The Morgan fingerprint density at radius 3 is 2.62 bits per heavy atom. The van der Waals surface area contributed by atoms with E-state index < -0.39 is 17.6 Å². The standard InChI is InChI=1S/C13H22N4O3S/c1-13(2,20)8-16-3-5-17(6-4-16)12-15-9(7-21-12)10(14)11(18)19/h7,10,20H,3-6,8,14H2,1-2H3,(H,18,19). The molecule has 0 spiro atoms. The third-order valence-corrected chi connectivity index (χ3v) is 4.27. The number of β-amino-alcohol motifs (C(OH)–C–C–N with tert-alkyl or cyclic N) is 1. The molecule has 2 rings (SSSR count). The van der Waals surface area contributed by atoms with Gasteiger partial charge in [0, 0.05) is 38.1 Å². The first-order valence-electron chi connectivity index (χ1n) is 6.90. The van der Waals surface area contributed by atoms with Crippen molar-refractivity contribution in [2.45, 2.75) is 25.5 Å². The van der Waals surface area contributed by atoms with E-state index in [2.05, 4.69) is 14.8 Å². The maximum Gasteiger partial charge on any atom is 0.326 e. The van der Waals surface area contributed by atoms with E-state index >= 15 is 0 Å². The van der Waals surface area contributed by atoms with Crippen molar-refractivity contribution in [2.75, 3.05) is 37.6 Å². The average molecular weight is 314 g/mol. The van der Waals surface area contributed by atoms with Crippen LogP contribution >= 0.6 is 11.3 Å². The Hall–Kier alpha value is -1.22. The molecule has 0 radical (unpaired) electrons. The highest BCUT2D eigenvalue weighted by Gasteiger charge is 2.25. The lowest BCUT2D eigenvalue weighted by Crippen LogP contribution is -2.50. The molecule has 4 N–H and O–H groups in total. The highest BCUT2D eigenvalue weighted by atomic mass is 32.1. The molecule has 0 bridgehead atoms. The number of anilines is 1. The Morgan fingerprint density at radius 2 is 2.10 bits per heavy atom. The molecule has 118 valence electrons. The van der Waals surface area contributed by atoms with Gasteiger partial charge in [0.1, 0.15) is 6.04 Å². The number of nitrogens with zero attached hydrogens (tertiary/aromatic N) is 3. The number of hydrogen-bond donors (Lipinski definition) is 3. The molecule has 0 aromatic carbocycles. The number of aliphatic hydroxyl groups is 1. The quantitative estimate of drug-likeness (QED) is 0.709. The molecular weight excluding hydrogens is 292 g/mol. The minimum absolute atomic E-state index is 0.404. The van der Waals surface area contributed by atoms with E-state index in [1.165, 1.54) is 11.3 Å². The van der Waals surface area contributed by atoms with Crippen LogP contribution in [0.2, 0.25) is 0 Å². The van der Waals surface area contributed by atoms with Crippen molar-refractivity contribution in [2.24, 2.45) is 5.73 Å². The lowest BCUT2D eigenvalue weighted by Gasteiger charge is -2.37. The van der Waals surface area contributed by atoms with Gasteiger partial charge in [0.15, 0.2) is 5.13 Å². The van der Waals surface area contributed by atoms with E-state index in [9.17, 15) is 9.90 Å². The molecule has 2 heterocycles. The Balaban J connectivity index is 1.92. The maximum atomic E-state index is 10.9. The Bertz CT molecular complexity index is 492. The van der Waals surface area contributed by atoms with Crippen LogP contribution in [0.5, 0.6) is 0 Å². The van der Waals surface area contributed by atoms with Gasteiger partial charge in [-0.05, 0) is 13.8 Å². The van der Waals surface area contributed by atoms with Crippen LogP contribution in [-0.4, -0.2) is 64.4 Å². The first kappa shape index (κ1) is 16.2. The van der Waals surface area contributed by atoms with Gasteiger partial charge in [0.25, 0.3) is 0 Å². The topological polar surface area (TPSA) is 103 Å². The zero-order valence-electron chi connectivity index (χ0n) is 12.3. The van der Waals surface area contributed by atoms with Gasteiger partial charge in [-0.15, -0.1) is 11.3 Å². The van der Waals surface area contributed by atoms with Crippen molar-refractivity contribution >= 4 is 22.4 Å². The molecule has 1 unspecified atom stereocenters. The molecule has 1 saturated heterocycles. The van der Waals surface area contributed by atoms with Crippen molar-refractivity contribution in [3.63, 3.8) is 0 Å². The minimum atomic E-state index is -1.07. The largest absolute Gasteiger partial charge is 0.480 e. The zero-order chi connectivity index (χ0) is 15.6. The average Bonchev–Trinajstić information content (AvgIpc) is 2.86. The molecule has 1 fully saturated rings. The second-order valence-corrected chi connectivity index (χ2v) is 6.78. The van der Waals surface area contributed by atoms with Gasteiger partial charge >= 0.3 is 5.97 Å². The molecular formula is C13H22N4O3S. The van der Waals surface area contributed by atoms with Crippen molar-refractivity contribution < 1.29 is 15.0 Å². The fourth-order valence-corrected chi connectivity index (χ4v) is 3.25. The lowest BCUT2D eigenvalue weighted by molar-refractivity contribution is -0.138. The summed E-state index contributed by atoms with van der Waals surface area (Å²) in [7, 11) is 0. The minimum Gasteiger partial charge on any atom is -0.480 e. The number of carboxylic acids is 1. The van der Waals surface area contributed by atoms with Crippen molar-refractivity contribution in [1.29, 1.82) is 0 Å². The summed E-state index contributed by atoms with van der Waals surface area (Å²) in [5.74, 6) is -1.07. The second-order valence-electron chi connectivity index (χ2n) is 5.95. The molecule has 8 heteroatoms. The predicted molar refractivity (Wildman–Crippen MR) is 81.6 cm³/mol. The van der Waals surface area contributed by atoms with Gasteiger partial charge in [-0.25, -0.2) is 4.98 Å². The monoisotopic (exact) mass is 314 g/mol. The maximum absolute atomic E-state index is 10.9. The lowest BCUT2D eigenvalue weighted by atomic mass is 10.1. The highest BCUT2D eigenvalue weighted by Crippen LogP contribution is 2.24. The van der Waals surface area contributed by atoms with Crippen LogP contribution in [0.25, 0.3) is 0 Å². The summed E-state index contributed by atoms with van der Waals surface area (Å²) < 4.78 is 0. The number of carbonyl (C=O) groups is 1. The van der Waals surface area contributed by atoms with Crippen LogP contribution in [-0.2, 0) is 4.79 Å². The molecule has 1 atom stereocenters. The number of aromatic nitrogens is 1. The Labute approximate surface area is 128 Å². The van der Waals surface area contributed by atoms with Crippen LogP contribution < -0.4 is 10.6 Å². The number of hydrogen-bond acceptors (Lipinski definition) is 7. The van der Waals surface area contributed by atoms with E-state index in [0.717, 1.165) is 31.3 Å². The summed E-state index contributed by atoms with van der Waals surface area (Å²) in [6.45, 7) is 7.58. The van der Waals surface area contributed by atoms with Crippen LogP contribution in [0, 0.1) is 0 Å². The molecule has 7 nitrogen and oxygen atoms in total. The van der Waals surface area contributed by atoms with Gasteiger partial charge in [-0.2, -0.15) is 0 Å². The predicted octanol–water partition coefficient (Wildman–Crippen LogP) is 0.120.